The minimum absolute atomic E-state index is 0.190. The summed E-state index contributed by atoms with van der Waals surface area (Å²) < 4.78 is 4.89. The number of nitro benzene ring substituents is 1. The van der Waals surface area contributed by atoms with Gasteiger partial charge in [0, 0.05) is 18.1 Å². The van der Waals surface area contributed by atoms with Gasteiger partial charge < -0.3 is 4.74 Å². The standard InChI is InChI=1S/C22H29NO4/c1-15(8-7-9-16(2)12-13-27-20(6)24)10-11-21-17(3)14-18(4)22(19(21)5)23(25)26/h8,10-12,14H,7,9,13H2,1-6H3. The van der Waals surface area contributed by atoms with E-state index >= 15 is 0 Å². The molecule has 0 amide bonds. The number of ether oxygens (including phenoxy) is 1. The Bertz CT molecular complexity index is 801. The van der Waals surface area contributed by atoms with E-state index in [9.17, 15) is 14.9 Å². The molecule has 146 valence electrons. The molecule has 0 fully saturated rings. The molecular weight excluding hydrogens is 342 g/mol. The van der Waals surface area contributed by atoms with Crippen molar-refractivity contribution in [2.24, 2.45) is 0 Å². The minimum atomic E-state index is -0.310. The second kappa shape index (κ2) is 10.5. The highest BCUT2D eigenvalue weighted by Gasteiger charge is 2.18. The van der Waals surface area contributed by atoms with Gasteiger partial charge in [0.2, 0.25) is 0 Å². The highest BCUT2D eigenvalue weighted by molar-refractivity contribution is 5.67. The van der Waals surface area contributed by atoms with Crippen molar-refractivity contribution in [3.05, 3.63) is 67.8 Å². The molecule has 0 unspecified atom stereocenters. The van der Waals surface area contributed by atoms with Gasteiger partial charge in [0.15, 0.2) is 0 Å². The Labute approximate surface area is 161 Å². The number of hydrogen-bond donors (Lipinski definition) is 0. The summed E-state index contributed by atoms with van der Waals surface area (Å²) in [6, 6.07) is 1.86. The monoisotopic (exact) mass is 371 g/mol. The van der Waals surface area contributed by atoms with E-state index in [2.05, 4.69) is 6.08 Å². The zero-order valence-corrected chi connectivity index (χ0v) is 17.1. The largest absolute Gasteiger partial charge is 0.462 e. The van der Waals surface area contributed by atoms with Crippen molar-refractivity contribution < 1.29 is 14.5 Å². The van der Waals surface area contributed by atoms with Gasteiger partial charge in [-0.1, -0.05) is 29.4 Å². The number of rotatable bonds is 8. The van der Waals surface area contributed by atoms with E-state index < -0.39 is 0 Å². The third kappa shape index (κ3) is 7.21. The summed E-state index contributed by atoms with van der Waals surface area (Å²) in [5.41, 5.74) is 5.79. The number of allylic oxidation sites excluding steroid dienone is 4. The molecule has 1 aromatic carbocycles. The SMILES string of the molecule is CC(=O)OCC=C(C)CCC=C(C)C=Cc1c(C)cc(C)c([N+](=O)[O-])c1C. The summed E-state index contributed by atoms with van der Waals surface area (Å²) in [6.07, 6.45) is 9.76. The molecule has 0 bridgehead atoms. The second-order valence-electron chi connectivity index (χ2n) is 6.83. The Balaban J connectivity index is 2.80. The van der Waals surface area contributed by atoms with Gasteiger partial charge in [-0.05, 0) is 70.7 Å². The van der Waals surface area contributed by atoms with E-state index in [4.69, 9.17) is 4.74 Å². The van der Waals surface area contributed by atoms with E-state index in [1.54, 1.807) is 13.8 Å². The maximum absolute atomic E-state index is 11.3. The van der Waals surface area contributed by atoms with Crippen LogP contribution in [0.5, 0.6) is 0 Å². The third-order valence-electron chi connectivity index (χ3n) is 4.41. The van der Waals surface area contributed by atoms with Crippen LogP contribution >= 0.6 is 0 Å². The van der Waals surface area contributed by atoms with Crippen LogP contribution in [0, 0.1) is 30.9 Å². The summed E-state index contributed by atoms with van der Waals surface area (Å²) in [4.78, 5) is 21.7. The lowest BCUT2D eigenvalue weighted by Crippen LogP contribution is -1.99. The Morgan fingerprint density at radius 1 is 1.15 bits per heavy atom. The van der Waals surface area contributed by atoms with Crippen LogP contribution in [0.1, 0.15) is 55.9 Å². The molecule has 5 heteroatoms. The van der Waals surface area contributed by atoms with E-state index in [-0.39, 0.29) is 16.6 Å². The van der Waals surface area contributed by atoms with Gasteiger partial charge in [-0.25, -0.2) is 0 Å². The second-order valence-corrected chi connectivity index (χ2v) is 6.83. The predicted molar refractivity (Wildman–Crippen MR) is 110 cm³/mol. The van der Waals surface area contributed by atoms with Gasteiger partial charge in [-0.2, -0.15) is 0 Å². The van der Waals surface area contributed by atoms with E-state index in [1.807, 2.05) is 45.1 Å². The lowest BCUT2D eigenvalue weighted by molar-refractivity contribution is -0.386. The van der Waals surface area contributed by atoms with Gasteiger partial charge in [0.25, 0.3) is 5.69 Å². The van der Waals surface area contributed by atoms with Crippen LogP contribution in [0.3, 0.4) is 0 Å². The molecule has 1 rings (SSSR count). The van der Waals surface area contributed by atoms with E-state index in [0.717, 1.165) is 29.5 Å². The number of aryl methyl sites for hydroxylation is 2. The van der Waals surface area contributed by atoms with Crippen LogP contribution in [0.4, 0.5) is 5.69 Å². The normalized spacial score (nSPS) is 12.5. The molecule has 0 spiro atoms. The molecule has 27 heavy (non-hydrogen) atoms. The molecule has 0 aliphatic carbocycles. The average Bonchev–Trinajstić information content (AvgIpc) is 2.53. The van der Waals surface area contributed by atoms with Crippen LogP contribution in [-0.2, 0) is 9.53 Å². The smallest absolute Gasteiger partial charge is 0.302 e. The Morgan fingerprint density at radius 3 is 2.41 bits per heavy atom. The first-order chi connectivity index (χ1) is 12.6. The van der Waals surface area contributed by atoms with Crippen molar-refractivity contribution in [2.75, 3.05) is 6.61 Å². The van der Waals surface area contributed by atoms with Crippen LogP contribution in [0.2, 0.25) is 0 Å². The molecule has 0 atom stereocenters. The zero-order valence-electron chi connectivity index (χ0n) is 17.1. The summed E-state index contributed by atoms with van der Waals surface area (Å²) in [5.74, 6) is -0.276. The molecule has 0 heterocycles. The predicted octanol–water partition coefficient (Wildman–Crippen LogP) is 5.77. The number of hydrogen-bond acceptors (Lipinski definition) is 4. The number of benzene rings is 1. The van der Waals surface area contributed by atoms with E-state index in [1.165, 1.54) is 12.5 Å². The fourth-order valence-electron chi connectivity index (χ4n) is 2.94. The van der Waals surface area contributed by atoms with Crippen molar-refractivity contribution >= 4 is 17.7 Å². The molecular formula is C22H29NO4. The van der Waals surface area contributed by atoms with Crippen molar-refractivity contribution in [2.45, 2.75) is 54.4 Å². The molecule has 0 N–H and O–H groups in total. The molecule has 0 aliphatic heterocycles. The minimum Gasteiger partial charge on any atom is -0.462 e. The highest BCUT2D eigenvalue weighted by Crippen LogP contribution is 2.29. The van der Waals surface area contributed by atoms with Crippen molar-refractivity contribution in [1.82, 2.24) is 0 Å². The number of carbonyl (C=O) groups is 1. The fraction of sp³-hybridized carbons (Fsp3) is 0.409. The highest BCUT2D eigenvalue weighted by atomic mass is 16.6. The molecule has 0 aliphatic rings. The molecule has 0 aromatic heterocycles. The van der Waals surface area contributed by atoms with Crippen LogP contribution in [-0.4, -0.2) is 17.5 Å². The van der Waals surface area contributed by atoms with Crippen LogP contribution < -0.4 is 0 Å². The maximum atomic E-state index is 11.3. The molecule has 5 nitrogen and oxygen atoms in total. The van der Waals surface area contributed by atoms with Gasteiger partial charge in [-0.15, -0.1) is 0 Å². The first kappa shape index (κ1) is 22.4. The third-order valence-corrected chi connectivity index (χ3v) is 4.41. The number of nitrogens with zero attached hydrogens (tertiary/aromatic N) is 1. The summed E-state index contributed by atoms with van der Waals surface area (Å²) >= 11 is 0. The van der Waals surface area contributed by atoms with Gasteiger partial charge in [0.1, 0.15) is 6.61 Å². The lowest BCUT2D eigenvalue weighted by atomic mass is 9.96. The number of carbonyl (C=O) groups excluding carboxylic acids is 1. The summed E-state index contributed by atoms with van der Waals surface area (Å²) in [6.45, 7) is 11.3. The Morgan fingerprint density at radius 2 is 1.81 bits per heavy atom. The molecule has 1 aromatic rings. The van der Waals surface area contributed by atoms with Crippen LogP contribution in [0.15, 0.2) is 35.4 Å². The van der Waals surface area contributed by atoms with Crippen molar-refractivity contribution in [3.63, 3.8) is 0 Å². The van der Waals surface area contributed by atoms with Crippen molar-refractivity contribution in [1.29, 1.82) is 0 Å². The van der Waals surface area contributed by atoms with Crippen molar-refractivity contribution in [3.8, 4) is 0 Å². The molecule has 0 radical (unpaired) electrons. The zero-order chi connectivity index (χ0) is 20.6. The first-order valence-electron chi connectivity index (χ1n) is 9.02. The molecule has 0 saturated heterocycles. The maximum Gasteiger partial charge on any atom is 0.302 e. The Hall–Kier alpha value is -2.69. The molecule has 0 saturated carbocycles. The van der Waals surface area contributed by atoms with Gasteiger partial charge >= 0.3 is 5.97 Å². The van der Waals surface area contributed by atoms with Crippen LogP contribution in [0.25, 0.3) is 6.08 Å². The van der Waals surface area contributed by atoms with E-state index in [0.29, 0.717) is 17.7 Å². The lowest BCUT2D eigenvalue weighted by Gasteiger charge is -2.09. The number of esters is 1. The fourth-order valence-corrected chi connectivity index (χ4v) is 2.94. The summed E-state index contributed by atoms with van der Waals surface area (Å²) in [5, 5.41) is 11.3. The average molecular weight is 371 g/mol. The quantitative estimate of drug-likeness (QED) is 0.191. The first-order valence-corrected chi connectivity index (χ1v) is 9.02. The van der Waals surface area contributed by atoms with Gasteiger partial charge in [-0.3, -0.25) is 14.9 Å². The van der Waals surface area contributed by atoms with Gasteiger partial charge in [0.05, 0.1) is 4.92 Å². The Kier molecular flexibility index (Phi) is 8.66. The number of nitro groups is 1. The topological polar surface area (TPSA) is 69.4 Å². The summed E-state index contributed by atoms with van der Waals surface area (Å²) in [7, 11) is 0.